The van der Waals surface area contributed by atoms with Crippen LogP contribution in [0.5, 0.6) is 0 Å². The monoisotopic (exact) mass is 296 g/mol. The maximum absolute atomic E-state index is 12.6. The summed E-state index contributed by atoms with van der Waals surface area (Å²) < 4.78 is 0. The molecule has 1 fully saturated rings. The Kier molecular flexibility index (Phi) is 4.44. The van der Waals surface area contributed by atoms with Crippen molar-refractivity contribution in [1.82, 2.24) is 5.32 Å². The van der Waals surface area contributed by atoms with Crippen LogP contribution in [0.4, 0.5) is 0 Å². The number of rotatable bonds is 4. The molecule has 0 aromatic heterocycles. The van der Waals surface area contributed by atoms with Gasteiger partial charge in [0.05, 0.1) is 6.04 Å². The number of hydrogen-bond donors (Lipinski definition) is 2. The van der Waals surface area contributed by atoms with Crippen LogP contribution in [0.3, 0.4) is 0 Å². The molecule has 2 aromatic carbocycles. The average Bonchev–Trinajstić information content (AvgIpc) is 3.03. The molecule has 3 N–H and O–H groups in total. The van der Waals surface area contributed by atoms with Gasteiger partial charge >= 0.3 is 0 Å². The molecule has 0 saturated heterocycles. The van der Waals surface area contributed by atoms with E-state index in [1.807, 2.05) is 12.1 Å². The minimum absolute atomic E-state index is 0.0117. The normalized spacial score (nSPS) is 22.6. The molecule has 22 heavy (non-hydrogen) atoms. The van der Waals surface area contributed by atoms with Crippen molar-refractivity contribution in [2.75, 3.05) is 6.54 Å². The van der Waals surface area contributed by atoms with Gasteiger partial charge in [-0.2, -0.15) is 0 Å². The number of carbonyl (C=O) groups is 1. The number of amides is 1. The first-order valence-electron chi connectivity index (χ1n) is 8.19. The van der Waals surface area contributed by atoms with E-state index in [0.29, 0.717) is 12.5 Å². The van der Waals surface area contributed by atoms with Crippen LogP contribution in [-0.2, 0) is 4.79 Å². The molecule has 1 unspecified atom stereocenters. The van der Waals surface area contributed by atoms with E-state index >= 15 is 0 Å². The third-order valence-electron chi connectivity index (χ3n) is 4.95. The number of carbonyl (C=O) groups excluding carboxylic acids is 1. The number of nitrogens with two attached hydrogens (primary N) is 1. The van der Waals surface area contributed by atoms with E-state index in [1.165, 1.54) is 16.3 Å². The van der Waals surface area contributed by atoms with Gasteiger partial charge < -0.3 is 11.1 Å². The van der Waals surface area contributed by atoms with Crippen LogP contribution in [0.2, 0.25) is 0 Å². The molecule has 0 heterocycles. The molecule has 1 amide bonds. The zero-order valence-electron chi connectivity index (χ0n) is 13.1. The highest BCUT2D eigenvalue weighted by molar-refractivity contribution is 5.87. The molecule has 3 rings (SSSR count). The second kappa shape index (κ2) is 6.49. The Labute approximate surface area is 131 Å². The number of benzene rings is 2. The standard InChI is InChI=1S/C19H24N2O/c1-13(21-19(22)18-11-5-8-15(18)12-20)16-10-4-7-14-6-2-3-9-17(14)16/h2-4,6-7,9-10,13,15,18H,5,8,11-12,20H2,1H3,(H,21,22)/t13?,15-,18-/m1/s1. The molecule has 116 valence electrons. The van der Waals surface area contributed by atoms with Gasteiger partial charge in [0, 0.05) is 5.92 Å². The summed E-state index contributed by atoms with van der Waals surface area (Å²) >= 11 is 0. The van der Waals surface area contributed by atoms with Crippen molar-refractivity contribution < 1.29 is 4.79 Å². The van der Waals surface area contributed by atoms with Gasteiger partial charge in [0.1, 0.15) is 0 Å². The quantitative estimate of drug-likeness (QED) is 0.908. The molecule has 1 aliphatic rings. The number of hydrogen-bond acceptors (Lipinski definition) is 2. The van der Waals surface area contributed by atoms with E-state index in [9.17, 15) is 4.79 Å². The first-order valence-corrected chi connectivity index (χ1v) is 8.19. The molecule has 3 nitrogen and oxygen atoms in total. The minimum Gasteiger partial charge on any atom is -0.349 e. The lowest BCUT2D eigenvalue weighted by atomic mass is 9.94. The second-order valence-electron chi connectivity index (χ2n) is 6.33. The molecular weight excluding hydrogens is 272 g/mol. The van der Waals surface area contributed by atoms with Crippen molar-refractivity contribution in [3.05, 3.63) is 48.0 Å². The van der Waals surface area contributed by atoms with Crippen molar-refractivity contribution >= 4 is 16.7 Å². The van der Waals surface area contributed by atoms with Crippen LogP contribution < -0.4 is 11.1 Å². The fourth-order valence-corrected chi connectivity index (χ4v) is 3.69. The maximum atomic E-state index is 12.6. The molecule has 3 heteroatoms. The van der Waals surface area contributed by atoms with Crippen molar-refractivity contribution in [2.24, 2.45) is 17.6 Å². The highest BCUT2D eigenvalue weighted by Gasteiger charge is 2.32. The highest BCUT2D eigenvalue weighted by Crippen LogP contribution is 2.32. The molecular formula is C19H24N2O. The predicted octanol–water partition coefficient (Wildman–Crippen LogP) is 3.39. The summed E-state index contributed by atoms with van der Waals surface area (Å²) in [6.45, 7) is 2.67. The lowest BCUT2D eigenvalue weighted by molar-refractivity contribution is -0.126. The summed E-state index contributed by atoms with van der Waals surface area (Å²) in [5, 5.41) is 5.62. The van der Waals surface area contributed by atoms with Crippen LogP contribution in [0.25, 0.3) is 10.8 Å². The van der Waals surface area contributed by atoms with Crippen molar-refractivity contribution in [3.63, 3.8) is 0 Å². The van der Waals surface area contributed by atoms with E-state index in [2.05, 4.69) is 42.6 Å². The largest absolute Gasteiger partial charge is 0.349 e. The van der Waals surface area contributed by atoms with Crippen molar-refractivity contribution in [1.29, 1.82) is 0 Å². The van der Waals surface area contributed by atoms with E-state index in [-0.39, 0.29) is 17.9 Å². The molecule has 0 spiro atoms. The van der Waals surface area contributed by atoms with Gasteiger partial charge in [-0.3, -0.25) is 4.79 Å². The maximum Gasteiger partial charge on any atom is 0.223 e. The van der Waals surface area contributed by atoms with Crippen LogP contribution >= 0.6 is 0 Å². The fourth-order valence-electron chi connectivity index (χ4n) is 3.69. The Morgan fingerprint density at radius 3 is 2.82 bits per heavy atom. The van der Waals surface area contributed by atoms with Crippen LogP contribution in [-0.4, -0.2) is 12.5 Å². The third-order valence-corrected chi connectivity index (χ3v) is 4.95. The third kappa shape index (κ3) is 2.86. The summed E-state index contributed by atoms with van der Waals surface area (Å²) in [5.74, 6) is 0.593. The van der Waals surface area contributed by atoms with Gasteiger partial charge in [-0.25, -0.2) is 0 Å². The lowest BCUT2D eigenvalue weighted by Gasteiger charge is -2.22. The summed E-state index contributed by atoms with van der Waals surface area (Å²) in [5.41, 5.74) is 6.97. The smallest absolute Gasteiger partial charge is 0.223 e. The van der Waals surface area contributed by atoms with E-state index in [4.69, 9.17) is 5.73 Å². The van der Waals surface area contributed by atoms with Crippen molar-refractivity contribution in [2.45, 2.75) is 32.2 Å². The van der Waals surface area contributed by atoms with E-state index < -0.39 is 0 Å². The van der Waals surface area contributed by atoms with Gasteiger partial charge in [0.2, 0.25) is 5.91 Å². The molecule has 0 radical (unpaired) electrons. The summed E-state index contributed by atoms with van der Waals surface area (Å²) in [7, 11) is 0. The number of nitrogens with one attached hydrogen (secondary N) is 1. The Bertz CT molecular complexity index is 662. The zero-order valence-corrected chi connectivity index (χ0v) is 13.1. The van der Waals surface area contributed by atoms with Crippen LogP contribution in [0, 0.1) is 11.8 Å². The van der Waals surface area contributed by atoms with Crippen LogP contribution in [0.1, 0.15) is 37.8 Å². The Morgan fingerprint density at radius 1 is 1.23 bits per heavy atom. The fraction of sp³-hybridized carbons (Fsp3) is 0.421. The zero-order chi connectivity index (χ0) is 15.5. The average molecular weight is 296 g/mol. The van der Waals surface area contributed by atoms with E-state index in [1.54, 1.807) is 0 Å². The molecule has 3 atom stereocenters. The SMILES string of the molecule is CC(NC(=O)[C@@H]1CCC[C@@H]1CN)c1cccc2ccccc12. The first-order chi connectivity index (χ1) is 10.7. The van der Waals surface area contributed by atoms with Crippen molar-refractivity contribution in [3.8, 4) is 0 Å². The van der Waals surface area contributed by atoms with Gasteiger partial charge in [0.25, 0.3) is 0 Å². The molecule has 1 saturated carbocycles. The summed E-state index contributed by atoms with van der Waals surface area (Å²) in [6, 6.07) is 14.6. The molecule has 0 aliphatic heterocycles. The highest BCUT2D eigenvalue weighted by atomic mass is 16.2. The van der Waals surface area contributed by atoms with Gasteiger partial charge in [-0.05, 0) is 48.6 Å². The Morgan fingerprint density at radius 2 is 2.00 bits per heavy atom. The van der Waals surface area contributed by atoms with Gasteiger partial charge in [-0.15, -0.1) is 0 Å². The summed E-state index contributed by atoms with van der Waals surface area (Å²) in [4.78, 5) is 12.6. The van der Waals surface area contributed by atoms with Crippen LogP contribution in [0.15, 0.2) is 42.5 Å². The van der Waals surface area contributed by atoms with Gasteiger partial charge in [-0.1, -0.05) is 48.9 Å². The van der Waals surface area contributed by atoms with Gasteiger partial charge in [0.15, 0.2) is 0 Å². The Balaban J connectivity index is 1.78. The topological polar surface area (TPSA) is 55.1 Å². The predicted molar refractivity (Wildman–Crippen MR) is 90.4 cm³/mol. The first kappa shape index (κ1) is 15.0. The lowest BCUT2D eigenvalue weighted by Crippen LogP contribution is -2.36. The minimum atomic E-state index is 0.0117. The summed E-state index contributed by atoms with van der Waals surface area (Å²) in [6.07, 6.45) is 3.16. The second-order valence-corrected chi connectivity index (χ2v) is 6.33. The van der Waals surface area contributed by atoms with E-state index in [0.717, 1.165) is 19.3 Å². The molecule has 2 aromatic rings. The Hall–Kier alpha value is -1.87. The number of fused-ring (bicyclic) bond motifs is 1. The molecule has 0 bridgehead atoms. The molecule has 1 aliphatic carbocycles.